The molecule has 3 atom stereocenters. The van der Waals surface area contributed by atoms with Crippen LogP contribution in [-0.2, 0) is 14.3 Å². The molecule has 1 amide bonds. The van der Waals surface area contributed by atoms with E-state index in [0.29, 0.717) is 12.8 Å². The lowest BCUT2D eigenvalue weighted by molar-refractivity contribution is -0.148. The Balaban J connectivity index is 4.54. The first kappa shape index (κ1) is 60.8. The van der Waals surface area contributed by atoms with Gasteiger partial charge in [-0.2, -0.15) is 0 Å². The number of amides is 1. The number of ether oxygens (including phenoxy) is 1. The van der Waals surface area contributed by atoms with Crippen LogP contribution in [0.25, 0.3) is 0 Å². The van der Waals surface area contributed by atoms with Crippen molar-refractivity contribution < 1.29 is 24.5 Å². The first-order chi connectivity index (χ1) is 31.0. The molecule has 0 saturated carbocycles. The van der Waals surface area contributed by atoms with Gasteiger partial charge in [0.1, 0.15) is 6.10 Å². The molecule has 6 heteroatoms. The molecule has 3 N–H and O–H groups in total. The minimum atomic E-state index is -0.812. The quantitative estimate of drug-likeness (QED) is 0.0321. The van der Waals surface area contributed by atoms with E-state index in [0.717, 1.165) is 64.2 Å². The van der Waals surface area contributed by atoms with Gasteiger partial charge in [-0.15, -0.1) is 0 Å². The highest BCUT2D eigenvalue weighted by molar-refractivity contribution is 5.78. The molecule has 0 aliphatic heterocycles. The topological polar surface area (TPSA) is 95.9 Å². The zero-order chi connectivity index (χ0) is 45.9. The maximum Gasteiger partial charge on any atom is 0.306 e. The van der Waals surface area contributed by atoms with Gasteiger partial charge in [-0.05, 0) is 70.3 Å². The SMILES string of the molecule is CCCCC/C=C\C/C=C\CCCCCCCCCC(=O)OC(/C=C/C/C=C\CCCCCCCC)CC(=O)NC(CO)C(O)CCCCCCCCCCCCCCCCCC. The van der Waals surface area contributed by atoms with E-state index in [4.69, 9.17) is 4.74 Å². The van der Waals surface area contributed by atoms with Crippen molar-refractivity contribution in [2.24, 2.45) is 0 Å². The summed E-state index contributed by atoms with van der Waals surface area (Å²) in [5.74, 6) is -0.604. The third kappa shape index (κ3) is 46.2. The molecule has 0 aliphatic carbocycles. The monoisotopic (exact) mass is 884 g/mol. The first-order valence-corrected chi connectivity index (χ1v) is 27.4. The Hall–Kier alpha value is -2.18. The van der Waals surface area contributed by atoms with Gasteiger partial charge in [-0.25, -0.2) is 0 Å². The number of rotatable bonds is 49. The number of hydrogen-bond acceptors (Lipinski definition) is 5. The van der Waals surface area contributed by atoms with Crippen molar-refractivity contribution in [3.8, 4) is 0 Å². The minimum Gasteiger partial charge on any atom is -0.458 e. The van der Waals surface area contributed by atoms with Gasteiger partial charge in [-0.1, -0.05) is 243 Å². The van der Waals surface area contributed by atoms with E-state index in [2.05, 4.69) is 62.5 Å². The minimum absolute atomic E-state index is 0.0308. The van der Waals surface area contributed by atoms with E-state index in [1.54, 1.807) is 0 Å². The third-order valence-electron chi connectivity index (χ3n) is 12.4. The number of nitrogens with one attached hydrogen (secondary N) is 1. The second kappa shape index (κ2) is 50.8. The maximum absolute atomic E-state index is 13.2. The Bertz CT molecular complexity index is 1080. The number of aliphatic hydroxyl groups excluding tert-OH is 2. The summed E-state index contributed by atoms with van der Waals surface area (Å²) in [5, 5.41) is 23.8. The second-order valence-electron chi connectivity index (χ2n) is 18.6. The van der Waals surface area contributed by atoms with Gasteiger partial charge >= 0.3 is 5.97 Å². The highest BCUT2D eigenvalue weighted by Crippen LogP contribution is 2.17. The van der Waals surface area contributed by atoms with Crippen molar-refractivity contribution in [1.82, 2.24) is 5.32 Å². The zero-order valence-electron chi connectivity index (χ0n) is 42.0. The first-order valence-electron chi connectivity index (χ1n) is 27.4. The lowest BCUT2D eigenvalue weighted by Gasteiger charge is -2.23. The summed E-state index contributed by atoms with van der Waals surface area (Å²) in [6.07, 6.45) is 62.0. The van der Waals surface area contributed by atoms with Crippen LogP contribution in [0.1, 0.15) is 278 Å². The van der Waals surface area contributed by atoms with Crippen molar-refractivity contribution in [3.63, 3.8) is 0 Å². The summed E-state index contributed by atoms with van der Waals surface area (Å²) in [6, 6.07) is -0.733. The van der Waals surface area contributed by atoms with Crippen LogP contribution < -0.4 is 5.32 Å². The van der Waals surface area contributed by atoms with Crippen LogP contribution >= 0.6 is 0 Å². The van der Waals surface area contributed by atoms with E-state index in [1.165, 1.54) is 173 Å². The van der Waals surface area contributed by atoms with Gasteiger partial charge < -0.3 is 20.3 Å². The standard InChI is InChI=1S/C57H105NO5/c1-4-7-10-13-16-19-22-24-26-28-30-32-35-38-41-44-47-50-57(62)63-53(48-45-42-39-36-33-21-18-15-12-9-6-3)51-56(61)58-54(52-59)55(60)49-46-43-40-37-34-31-29-27-25-23-20-17-14-11-8-5-2/h16,19,24,26,36,39,45,48,53-55,59-60H,4-15,17-18,20-23,25,27-35,37-38,40-44,46-47,49-52H2,1-3H3,(H,58,61)/b19-16-,26-24-,39-36-,48-45+. The average molecular weight is 884 g/mol. The van der Waals surface area contributed by atoms with Crippen molar-refractivity contribution in [2.45, 2.75) is 296 Å². The van der Waals surface area contributed by atoms with Gasteiger partial charge in [0.2, 0.25) is 5.91 Å². The molecule has 0 radical (unpaired) electrons. The van der Waals surface area contributed by atoms with E-state index in [-0.39, 0.29) is 24.9 Å². The molecule has 63 heavy (non-hydrogen) atoms. The molecule has 0 fully saturated rings. The fourth-order valence-electron chi connectivity index (χ4n) is 8.19. The van der Waals surface area contributed by atoms with Gasteiger partial charge in [0, 0.05) is 6.42 Å². The summed E-state index contributed by atoms with van der Waals surface area (Å²) in [4.78, 5) is 26.1. The van der Waals surface area contributed by atoms with Crippen LogP contribution in [-0.4, -0.2) is 46.9 Å². The molecule has 0 rings (SSSR count). The number of aliphatic hydroxyl groups is 2. The van der Waals surface area contributed by atoms with Crippen molar-refractivity contribution in [3.05, 3.63) is 48.6 Å². The Morgan fingerprint density at radius 1 is 0.476 bits per heavy atom. The molecule has 3 unspecified atom stereocenters. The number of hydrogen-bond donors (Lipinski definition) is 3. The fourth-order valence-corrected chi connectivity index (χ4v) is 8.19. The highest BCUT2D eigenvalue weighted by atomic mass is 16.5. The summed E-state index contributed by atoms with van der Waals surface area (Å²) in [6.45, 7) is 6.43. The van der Waals surface area contributed by atoms with E-state index in [1.807, 2.05) is 12.2 Å². The van der Waals surface area contributed by atoms with Crippen molar-refractivity contribution >= 4 is 11.9 Å². The van der Waals surface area contributed by atoms with Crippen molar-refractivity contribution in [1.29, 1.82) is 0 Å². The van der Waals surface area contributed by atoms with E-state index >= 15 is 0 Å². The van der Waals surface area contributed by atoms with E-state index < -0.39 is 18.2 Å². The molecule has 0 aromatic heterocycles. The van der Waals surface area contributed by atoms with E-state index in [9.17, 15) is 19.8 Å². The number of unbranched alkanes of at least 4 members (excludes halogenated alkanes) is 31. The van der Waals surface area contributed by atoms with Crippen LogP contribution in [0.4, 0.5) is 0 Å². The van der Waals surface area contributed by atoms with Crippen LogP contribution in [0.2, 0.25) is 0 Å². The molecule has 368 valence electrons. The molecular formula is C57H105NO5. The van der Waals surface area contributed by atoms with Crippen LogP contribution in [0.3, 0.4) is 0 Å². The van der Waals surface area contributed by atoms with Crippen molar-refractivity contribution in [2.75, 3.05) is 6.61 Å². The fraction of sp³-hybridized carbons (Fsp3) is 0.825. The summed E-state index contributed by atoms with van der Waals surface area (Å²) < 4.78 is 5.83. The van der Waals surface area contributed by atoms with Gasteiger partial charge in [0.25, 0.3) is 0 Å². The van der Waals surface area contributed by atoms with Crippen LogP contribution in [0, 0.1) is 0 Å². The number of allylic oxidation sites excluding steroid dienone is 7. The highest BCUT2D eigenvalue weighted by Gasteiger charge is 2.23. The summed E-state index contributed by atoms with van der Waals surface area (Å²) >= 11 is 0. The number of carbonyl (C=O) groups excluding carboxylic acids is 2. The molecule has 0 aromatic rings. The van der Waals surface area contributed by atoms with Crippen LogP contribution in [0.5, 0.6) is 0 Å². The van der Waals surface area contributed by atoms with Gasteiger partial charge in [0.15, 0.2) is 0 Å². The predicted molar refractivity (Wildman–Crippen MR) is 273 cm³/mol. The normalized spacial score (nSPS) is 13.5. The third-order valence-corrected chi connectivity index (χ3v) is 12.4. The molecule has 0 spiro atoms. The summed E-state index contributed by atoms with van der Waals surface area (Å²) in [7, 11) is 0. The Morgan fingerprint density at radius 3 is 1.29 bits per heavy atom. The van der Waals surface area contributed by atoms with Crippen LogP contribution in [0.15, 0.2) is 48.6 Å². The molecule has 0 aromatic carbocycles. The maximum atomic E-state index is 13.2. The lowest BCUT2D eigenvalue weighted by atomic mass is 10.0. The zero-order valence-corrected chi connectivity index (χ0v) is 42.0. The molecule has 0 aliphatic rings. The number of carbonyl (C=O) groups is 2. The Morgan fingerprint density at radius 2 is 0.841 bits per heavy atom. The predicted octanol–water partition coefficient (Wildman–Crippen LogP) is 16.6. The van der Waals surface area contributed by atoms with Gasteiger partial charge in [0.05, 0.1) is 25.2 Å². The summed E-state index contributed by atoms with van der Waals surface area (Å²) in [5.41, 5.74) is 0. The van der Waals surface area contributed by atoms with Gasteiger partial charge in [-0.3, -0.25) is 9.59 Å². The molecule has 6 nitrogen and oxygen atoms in total. The molecule has 0 saturated heterocycles. The second-order valence-corrected chi connectivity index (χ2v) is 18.6. The Labute approximate surface area is 391 Å². The largest absolute Gasteiger partial charge is 0.458 e. The smallest absolute Gasteiger partial charge is 0.306 e. The lowest BCUT2D eigenvalue weighted by Crippen LogP contribution is -2.46. The molecular weight excluding hydrogens is 779 g/mol. The Kier molecular flexibility index (Phi) is 49.1. The molecule has 0 heterocycles. The molecule has 0 bridgehead atoms. The average Bonchev–Trinajstić information content (AvgIpc) is 3.28. The number of esters is 1.